The van der Waals surface area contributed by atoms with Gasteiger partial charge in [0.25, 0.3) is 0 Å². The van der Waals surface area contributed by atoms with Gasteiger partial charge in [-0.1, -0.05) is 298 Å². The van der Waals surface area contributed by atoms with Gasteiger partial charge in [-0.3, -0.25) is 37.3 Å². The average molecular weight is 1300 g/mol. The molecule has 0 rings (SSSR count). The molecule has 0 heterocycles. The molecule has 7 atom stereocenters. The maximum absolute atomic E-state index is 13.0. The maximum Gasteiger partial charge on any atom is 0.472 e. The van der Waals surface area contributed by atoms with Crippen molar-refractivity contribution in [2.75, 3.05) is 39.6 Å². The number of aliphatic hydroxyl groups excluding tert-OH is 1. The van der Waals surface area contributed by atoms with E-state index >= 15 is 0 Å². The van der Waals surface area contributed by atoms with Gasteiger partial charge < -0.3 is 33.8 Å². The minimum absolute atomic E-state index is 0.103. The third kappa shape index (κ3) is 60.3. The zero-order valence-electron chi connectivity index (χ0n) is 57.0. The number of phosphoric ester groups is 2. The van der Waals surface area contributed by atoms with Crippen LogP contribution in [0.25, 0.3) is 0 Å². The highest BCUT2D eigenvalue weighted by molar-refractivity contribution is 7.47. The summed E-state index contributed by atoms with van der Waals surface area (Å²) in [6.07, 6.45) is 45.7. The minimum Gasteiger partial charge on any atom is -0.462 e. The van der Waals surface area contributed by atoms with Crippen molar-refractivity contribution in [1.29, 1.82) is 0 Å². The number of ether oxygens (including phenoxy) is 4. The first-order valence-corrected chi connectivity index (χ1v) is 39.1. The fraction of sp³-hybridized carbons (Fsp3) is 0.942. The number of hydrogen-bond donors (Lipinski definition) is 3. The van der Waals surface area contributed by atoms with Crippen LogP contribution in [0.2, 0.25) is 0 Å². The molecular weight excluding hydrogens is 1160 g/mol. The molecule has 0 bridgehead atoms. The van der Waals surface area contributed by atoms with Crippen LogP contribution in [0.3, 0.4) is 0 Å². The Labute approximate surface area is 537 Å². The van der Waals surface area contributed by atoms with Crippen molar-refractivity contribution >= 4 is 39.5 Å². The van der Waals surface area contributed by atoms with Crippen LogP contribution in [0.15, 0.2) is 0 Å². The summed E-state index contributed by atoms with van der Waals surface area (Å²) in [6, 6.07) is 0. The molecule has 88 heavy (non-hydrogen) atoms. The second-order valence-electron chi connectivity index (χ2n) is 25.4. The summed E-state index contributed by atoms with van der Waals surface area (Å²) in [5.41, 5.74) is 0. The molecule has 522 valence electrons. The van der Waals surface area contributed by atoms with Gasteiger partial charge in [-0.2, -0.15) is 0 Å². The van der Waals surface area contributed by atoms with Crippen molar-refractivity contribution in [1.82, 2.24) is 0 Å². The van der Waals surface area contributed by atoms with Gasteiger partial charge in [0, 0.05) is 25.7 Å². The minimum atomic E-state index is -4.95. The lowest BCUT2D eigenvalue weighted by atomic mass is 9.99. The molecule has 17 nitrogen and oxygen atoms in total. The summed E-state index contributed by atoms with van der Waals surface area (Å²) < 4.78 is 68.2. The van der Waals surface area contributed by atoms with Crippen molar-refractivity contribution in [2.45, 2.75) is 368 Å². The number of hydrogen-bond acceptors (Lipinski definition) is 15. The third-order valence-electron chi connectivity index (χ3n) is 16.7. The van der Waals surface area contributed by atoms with E-state index < -0.39 is 97.5 Å². The van der Waals surface area contributed by atoms with E-state index in [0.717, 1.165) is 102 Å². The molecule has 0 aromatic heterocycles. The molecule has 0 amide bonds. The Hall–Kier alpha value is -1.94. The molecule has 4 unspecified atom stereocenters. The molecule has 0 saturated heterocycles. The van der Waals surface area contributed by atoms with Crippen molar-refractivity contribution in [3.63, 3.8) is 0 Å². The van der Waals surface area contributed by atoms with Crippen molar-refractivity contribution in [3.8, 4) is 0 Å². The van der Waals surface area contributed by atoms with E-state index in [0.29, 0.717) is 25.7 Å². The first kappa shape index (κ1) is 86.1. The molecule has 0 aliphatic heterocycles. The molecule has 0 fully saturated rings. The molecular formula is C69H134O17P2. The van der Waals surface area contributed by atoms with Gasteiger partial charge in [0.1, 0.15) is 19.3 Å². The highest BCUT2D eigenvalue weighted by Gasteiger charge is 2.30. The summed E-state index contributed by atoms with van der Waals surface area (Å²) in [6.45, 7) is 9.49. The van der Waals surface area contributed by atoms with Crippen LogP contribution in [-0.4, -0.2) is 96.7 Å². The van der Waals surface area contributed by atoms with Gasteiger partial charge in [-0.05, 0) is 37.5 Å². The summed E-state index contributed by atoms with van der Waals surface area (Å²) >= 11 is 0. The highest BCUT2D eigenvalue weighted by atomic mass is 31.2. The molecule has 0 aliphatic carbocycles. The summed E-state index contributed by atoms with van der Waals surface area (Å²) in [4.78, 5) is 72.5. The zero-order chi connectivity index (χ0) is 65.0. The summed E-state index contributed by atoms with van der Waals surface area (Å²) in [5, 5.41) is 10.6. The Balaban J connectivity index is 5.24. The number of esters is 4. The number of aliphatic hydroxyl groups is 1. The first-order valence-electron chi connectivity index (χ1n) is 36.1. The fourth-order valence-electron chi connectivity index (χ4n) is 10.4. The molecule has 19 heteroatoms. The molecule has 0 aliphatic rings. The number of rotatable bonds is 68. The Kier molecular flexibility index (Phi) is 59.9. The van der Waals surface area contributed by atoms with Gasteiger partial charge >= 0.3 is 39.5 Å². The van der Waals surface area contributed by atoms with Gasteiger partial charge in [0.15, 0.2) is 12.2 Å². The van der Waals surface area contributed by atoms with Crippen LogP contribution in [0, 0.1) is 11.8 Å². The lowest BCUT2D eigenvalue weighted by molar-refractivity contribution is -0.161. The van der Waals surface area contributed by atoms with E-state index in [1.54, 1.807) is 0 Å². The summed E-state index contributed by atoms with van der Waals surface area (Å²) in [7, 11) is -9.90. The fourth-order valence-corrected chi connectivity index (χ4v) is 11.9. The predicted octanol–water partition coefficient (Wildman–Crippen LogP) is 19.6. The predicted molar refractivity (Wildman–Crippen MR) is 354 cm³/mol. The zero-order valence-corrected chi connectivity index (χ0v) is 58.8. The highest BCUT2D eigenvalue weighted by Crippen LogP contribution is 2.45. The molecule has 0 aromatic carbocycles. The van der Waals surface area contributed by atoms with Crippen LogP contribution in [0.5, 0.6) is 0 Å². The van der Waals surface area contributed by atoms with Crippen LogP contribution >= 0.6 is 15.6 Å². The van der Waals surface area contributed by atoms with Gasteiger partial charge in [-0.25, -0.2) is 9.13 Å². The Morgan fingerprint density at radius 3 is 0.807 bits per heavy atom. The standard InChI is InChI=1S/C69H134O17P2/c1-7-11-13-15-17-19-21-22-23-24-25-26-28-34-41-47-53-68(73)85-64(57-80-67(72)52-46-40-33-30-29-31-37-43-49-61(5)9-3)59-83-87(75,76)81-55-63(70)56-82-88(77,78)84-60-65(86-69(74)54-48-42-36-35-38-44-50-62(6)10-4)58-79-66(71)51-45-39-32-27-20-18-16-14-12-8-2/h61-65,70H,7-60H2,1-6H3,(H,75,76)(H,77,78)/t61?,62?,63-,64-,65-/m1/s1. The third-order valence-corrected chi connectivity index (χ3v) is 18.6. The Bertz CT molecular complexity index is 1720. The smallest absolute Gasteiger partial charge is 0.462 e. The van der Waals surface area contributed by atoms with Gasteiger partial charge in [0.2, 0.25) is 0 Å². The first-order chi connectivity index (χ1) is 42.4. The largest absolute Gasteiger partial charge is 0.472 e. The van der Waals surface area contributed by atoms with Gasteiger partial charge in [0.05, 0.1) is 26.4 Å². The maximum atomic E-state index is 13.0. The molecule has 0 aromatic rings. The van der Waals surface area contributed by atoms with E-state index in [1.165, 1.54) is 167 Å². The van der Waals surface area contributed by atoms with Crippen molar-refractivity contribution in [3.05, 3.63) is 0 Å². The van der Waals surface area contributed by atoms with Crippen LogP contribution < -0.4 is 0 Å². The molecule has 3 N–H and O–H groups in total. The van der Waals surface area contributed by atoms with Crippen molar-refractivity contribution in [2.24, 2.45) is 11.8 Å². The van der Waals surface area contributed by atoms with Crippen LogP contribution in [-0.2, 0) is 65.4 Å². The number of unbranched alkanes of at least 4 members (excludes halogenated alkanes) is 36. The van der Waals surface area contributed by atoms with E-state index in [-0.39, 0.29) is 25.7 Å². The second kappa shape index (κ2) is 61.3. The number of phosphoric acid groups is 2. The Morgan fingerprint density at radius 1 is 0.318 bits per heavy atom. The molecule has 0 spiro atoms. The summed E-state index contributed by atoms with van der Waals surface area (Å²) in [5.74, 6) is -0.630. The topological polar surface area (TPSA) is 237 Å². The second-order valence-corrected chi connectivity index (χ2v) is 28.3. The van der Waals surface area contributed by atoms with E-state index in [1.807, 2.05) is 0 Å². The molecule has 0 radical (unpaired) electrons. The number of carbonyl (C=O) groups excluding carboxylic acids is 4. The monoisotopic (exact) mass is 1300 g/mol. The van der Waals surface area contributed by atoms with Crippen LogP contribution in [0.1, 0.15) is 350 Å². The lowest BCUT2D eigenvalue weighted by Gasteiger charge is -2.21. The van der Waals surface area contributed by atoms with Gasteiger partial charge in [-0.15, -0.1) is 0 Å². The van der Waals surface area contributed by atoms with Crippen LogP contribution in [0.4, 0.5) is 0 Å². The molecule has 0 saturated carbocycles. The normalized spacial score (nSPS) is 14.8. The SMILES string of the molecule is CCCCCCCCCCCCCCCCCCC(=O)O[C@H](COC(=O)CCCCCCCCCCC(C)CC)COP(=O)(O)OC[C@@H](O)COP(=O)(O)OC[C@@H](COC(=O)CCCCCCCCCCCC)OC(=O)CCCCCCCCC(C)CC. The Morgan fingerprint density at radius 2 is 0.545 bits per heavy atom. The van der Waals surface area contributed by atoms with E-state index in [9.17, 15) is 43.2 Å². The average Bonchev–Trinajstić information content (AvgIpc) is 3.67. The number of carbonyl (C=O) groups is 4. The van der Waals surface area contributed by atoms with E-state index in [4.69, 9.17) is 37.0 Å². The quantitative estimate of drug-likeness (QED) is 0.0222. The van der Waals surface area contributed by atoms with Crippen molar-refractivity contribution < 1.29 is 80.2 Å². The van der Waals surface area contributed by atoms with E-state index in [2.05, 4.69) is 41.5 Å². The lowest BCUT2D eigenvalue weighted by Crippen LogP contribution is -2.30.